The Balaban J connectivity index is 0.000000151. The van der Waals surface area contributed by atoms with Crippen LogP contribution in [0, 0.1) is 17.2 Å². The van der Waals surface area contributed by atoms with Crippen LogP contribution in [0.25, 0.3) is 22.1 Å². The molecule has 1 aliphatic carbocycles. The number of nitriles is 1. The molecule has 1 saturated carbocycles. The van der Waals surface area contributed by atoms with Gasteiger partial charge >= 0.3 is 0 Å². The highest BCUT2D eigenvalue weighted by molar-refractivity contribution is 6.00. The van der Waals surface area contributed by atoms with Gasteiger partial charge in [0.15, 0.2) is 0 Å². The fourth-order valence-corrected chi connectivity index (χ4v) is 3.14. The van der Waals surface area contributed by atoms with Crippen molar-refractivity contribution in [1.29, 1.82) is 5.26 Å². The third-order valence-electron chi connectivity index (χ3n) is 4.38. The number of imidazole rings is 1. The van der Waals surface area contributed by atoms with Crippen molar-refractivity contribution < 1.29 is 0 Å². The summed E-state index contributed by atoms with van der Waals surface area (Å²) in [6, 6.07) is 4.20. The molecule has 4 rings (SSSR count). The second kappa shape index (κ2) is 7.25. The summed E-state index contributed by atoms with van der Waals surface area (Å²) in [6.07, 6.45) is 11.1. The van der Waals surface area contributed by atoms with Gasteiger partial charge in [0, 0.05) is 18.0 Å². The average molecular weight is 310 g/mol. The minimum atomic E-state index is 0.417. The van der Waals surface area contributed by atoms with Crippen LogP contribution in [0.1, 0.15) is 44.3 Å². The number of nitrogens with one attached hydrogen (secondary N) is 2. The zero-order valence-electron chi connectivity index (χ0n) is 13.2. The van der Waals surface area contributed by atoms with Gasteiger partial charge in [-0.25, -0.2) is 9.97 Å². The van der Waals surface area contributed by atoms with Gasteiger partial charge in [-0.3, -0.25) is 0 Å². The van der Waals surface area contributed by atoms with E-state index >= 15 is 0 Å². The van der Waals surface area contributed by atoms with Crippen LogP contribution in [0.4, 0.5) is 0 Å². The Kier molecular flexibility index (Phi) is 4.89. The summed E-state index contributed by atoms with van der Waals surface area (Å²) < 4.78 is 0. The normalized spacial score (nSPS) is 15.3. The van der Waals surface area contributed by atoms with Crippen LogP contribution < -0.4 is 5.73 Å². The number of pyridine rings is 1. The van der Waals surface area contributed by atoms with Crippen LogP contribution in [0.3, 0.4) is 0 Å². The van der Waals surface area contributed by atoms with Crippen molar-refractivity contribution in [3.05, 3.63) is 24.3 Å². The Morgan fingerprint density at radius 1 is 1.30 bits per heavy atom. The second-order valence-electron chi connectivity index (χ2n) is 6.01. The summed E-state index contributed by atoms with van der Waals surface area (Å²) in [4.78, 5) is 14.8. The molecule has 0 amide bonds. The highest BCUT2D eigenvalue weighted by atomic mass is 15.0. The lowest BCUT2D eigenvalue weighted by Gasteiger charge is -2.17. The average Bonchev–Trinajstić information content (AvgIpc) is 3.22. The van der Waals surface area contributed by atoms with Gasteiger partial charge in [-0.1, -0.05) is 19.3 Å². The number of rotatable bonds is 2. The smallest absolute Gasteiger partial charge is 0.139 e. The molecule has 6 nitrogen and oxygen atoms in total. The molecular formula is C17H22N6. The first-order valence-corrected chi connectivity index (χ1v) is 8.19. The van der Waals surface area contributed by atoms with Gasteiger partial charge in [0.1, 0.15) is 17.0 Å². The Morgan fingerprint density at radius 3 is 2.87 bits per heavy atom. The summed E-state index contributed by atoms with van der Waals surface area (Å²) in [6.45, 7) is 0.417. The summed E-state index contributed by atoms with van der Waals surface area (Å²) in [7, 11) is 0. The summed E-state index contributed by atoms with van der Waals surface area (Å²) in [5.41, 5.74) is 8.22. The van der Waals surface area contributed by atoms with E-state index in [1.807, 2.05) is 12.3 Å². The van der Waals surface area contributed by atoms with Crippen molar-refractivity contribution in [3.63, 3.8) is 0 Å². The molecule has 0 aliphatic heterocycles. The lowest BCUT2D eigenvalue weighted by Crippen LogP contribution is -2.04. The Morgan fingerprint density at radius 2 is 2.13 bits per heavy atom. The van der Waals surface area contributed by atoms with Gasteiger partial charge in [0.05, 0.1) is 24.3 Å². The van der Waals surface area contributed by atoms with E-state index in [2.05, 4.69) is 26.0 Å². The lowest BCUT2D eigenvalue weighted by molar-refractivity contribution is 0.364. The molecular weight excluding hydrogens is 288 g/mol. The van der Waals surface area contributed by atoms with Gasteiger partial charge in [-0.2, -0.15) is 5.26 Å². The molecule has 4 N–H and O–H groups in total. The standard InChI is InChI=1S/C9H9N5.C8H13N/c10-3-7-13-6-4-12-9-5(1-2-11-9)8(6)14-7;9-7-6-8-4-2-1-3-5-8/h1-2,4H,3,10H2,(H,11,12)(H,13,14);8H,1-6H2. The molecule has 120 valence electrons. The second-order valence-corrected chi connectivity index (χ2v) is 6.01. The SMILES string of the molecule is N#CCC1CCCCC1.NCc1nc2c(cnc3[nH]ccc32)[nH]1. The molecule has 0 saturated heterocycles. The number of fused-ring (bicyclic) bond motifs is 3. The third-order valence-corrected chi connectivity index (χ3v) is 4.38. The molecule has 0 bridgehead atoms. The van der Waals surface area contributed by atoms with Crippen LogP contribution >= 0.6 is 0 Å². The predicted molar refractivity (Wildman–Crippen MR) is 90.4 cm³/mol. The van der Waals surface area contributed by atoms with E-state index in [1.54, 1.807) is 6.20 Å². The maximum Gasteiger partial charge on any atom is 0.139 e. The van der Waals surface area contributed by atoms with Crippen molar-refractivity contribution in [2.24, 2.45) is 11.7 Å². The highest BCUT2D eigenvalue weighted by Crippen LogP contribution is 2.25. The van der Waals surface area contributed by atoms with Gasteiger partial charge in [-0.15, -0.1) is 0 Å². The first-order chi connectivity index (χ1) is 11.3. The van der Waals surface area contributed by atoms with E-state index in [0.29, 0.717) is 6.54 Å². The number of H-pyrrole nitrogens is 2. The quantitative estimate of drug-likeness (QED) is 0.674. The van der Waals surface area contributed by atoms with Crippen LogP contribution in [0.2, 0.25) is 0 Å². The first kappa shape index (κ1) is 15.5. The topological polar surface area (TPSA) is 107 Å². The van der Waals surface area contributed by atoms with E-state index < -0.39 is 0 Å². The molecule has 3 aromatic heterocycles. The molecule has 23 heavy (non-hydrogen) atoms. The van der Waals surface area contributed by atoms with Crippen molar-refractivity contribution in [1.82, 2.24) is 19.9 Å². The molecule has 3 heterocycles. The zero-order chi connectivity index (χ0) is 16.1. The van der Waals surface area contributed by atoms with E-state index in [0.717, 1.165) is 40.2 Å². The van der Waals surface area contributed by atoms with Crippen molar-refractivity contribution in [2.45, 2.75) is 45.1 Å². The van der Waals surface area contributed by atoms with Crippen LogP contribution in [-0.4, -0.2) is 19.9 Å². The van der Waals surface area contributed by atoms with Crippen LogP contribution in [0.15, 0.2) is 18.5 Å². The van der Waals surface area contributed by atoms with Crippen molar-refractivity contribution >= 4 is 22.1 Å². The highest BCUT2D eigenvalue weighted by Gasteiger charge is 2.11. The largest absolute Gasteiger partial charge is 0.346 e. The predicted octanol–water partition coefficient (Wildman–Crippen LogP) is 3.38. The molecule has 0 spiro atoms. The summed E-state index contributed by atoms with van der Waals surface area (Å²) in [5.74, 6) is 1.53. The Hall–Kier alpha value is -2.39. The fourth-order valence-electron chi connectivity index (χ4n) is 3.14. The number of nitrogens with zero attached hydrogens (tertiary/aromatic N) is 3. The van der Waals surface area contributed by atoms with Crippen molar-refractivity contribution in [2.75, 3.05) is 0 Å². The minimum absolute atomic E-state index is 0.417. The van der Waals surface area contributed by atoms with Gasteiger partial charge in [-0.05, 0) is 24.8 Å². The molecule has 1 aliphatic rings. The number of hydrogen-bond donors (Lipinski definition) is 3. The number of aromatic amines is 2. The minimum Gasteiger partial charge on any atom is -0.346 e. The summed E-state index contributed by atoms with van der Waals surface area (Å²) >= 11 is 0. The molecule has 6 heteroatoms. The first-order valence-electron chi connectivity index (χ1n) is 8.19. The third kappa shape index (κ3) is 3.51. The monoisotopic (exact) mass is 310 g/mol. The Labute approximate surface area is 135 Å². The van der Waals surface area contributed by atoms with E-state index in [-0.39, 0.29) is 0 Å². The van der Waals surface area contributed by atoms with E-state index in [9.17, 15) is 0 Å². The van der Waals surface area contributed by atoms with Gasteiger partial charge < -0.3 is 15.7 Å². The number of hydrogen-bond acceptors (Lipinski definition) is 4. The number of aromatic nitrogens is 4. The van der Waals surface area contributed by atoms with Crippen molar-refractivity contribution in [3.8, 4) is 6.07 Å². The van der Waals surface area contributed by atoms with Gasteiger partial charge in [0.2, 0.25) is 0 Å². The van der Waals surface area contributed by atoms with Gasteiger partial charge in [0.25, 0.3) is 0 Å². The molecule has 0 radical (unpaired) electrons. The Bertz CT molecular complexity index is 803. The van der Waals surface area contributed by atoms with E-state index in [4.69, 9.17) is 11.0 Å². The molecule has 0 atom stereocenters. The van der Waals surface area contributed by atoms with Crippen LogP contribution in [0.5, 0.6) is 0 Å². The number of nitrogens with two attached hydrogens (primary N) is 1. The van der Waals surface area contributed by atoms with Crippen LogP contribution in [-0.2, 0) is 6.54 Å². The summed E-state index contributed by atoms with van der Waals surface area (Å²) in [5, 5.41) is 9.39. The molecule has 1 fully saturated rings. The van der Waals surface area contributed by atoms with E-state index in [1.165, 1.54) is 32.1 Å². The molecule has 3 aromatic rings. The fraction of sp³-hybridized carbons (Fsp3) is 0.471. The maximum atomic E-state index is 8.37. The zero-order valence-corrected chi connectivity index (χ0v) is 13.2. The maximum absolute atomic E-state index is 8.37. The molecule has 0 aromatic carbocycles. The lowest BCUT2D eigenvalue weighted by atomic mass is 9.87. The molecule has 0 unspecified atom stereocenters.